The fraction of sp³-hybridized carbons (Fsp3) is 0. The zero-order valence-electron chi connectivity index (χ0n) is 11.1. The minimum absolute atomic E-state index is 0.119. The Morgan fingerprint density at radius 1 is 0.773 bits per heavy atom. The van der Waals surface area contributed by atoms with E-state index in [0.717, 1.165) is 0 Å². The van der Waals surface area contributed by atoms with E-state index in [9.17, 15) is 14.2 Å². The maximum absolute atomic E-state index is 11.9. The van der Waals surface area contributed by atoms with E-state index in [2.05, 4.69) is 0 Å². The molecule has 0 fully saturated rings. The maximum Gasteiger partial charge on any atom is 0.419 e. The highest BCUT2D eigenvalue weighted by Gasteiger charge is 2.16. The Morgan fingerprint density at radius 2 is 1.14 bits per heavy atom. The predicted molar refractivity (Wildman–Crippen MR) is 77.1 cm³/mol. The van der Waals surface area contributed by atoms with Crippen molar-refractivity contribution in [3.05, 3.63) is 59.7 Å². The average molecular weight is 322 g/mol. The fourth-order valence-electron chi connectivity index (χ4n) is 1.67. The molecule has 0 aromatic heterocycles. The SMILES string of the molecule is O=C(O)c1ccccc1O[PH](=O)Oc1ccccc1C(=O)O. The summed E-state index contributed by atoms with van der Waals surface area (Å²) in [4.78, 5) is 22.0. The van der Waals surface area contributed by atoms with Crippen molar-refractivity contribution in [3.8, 4) is 11.5 Å². The summed E-state index contributed by atoms with van der Waals surface area (Å²) in [5.74, 6) is -2.72. The zero-order valence-corrected chi connectivity index (χ0v) is 12.1. The second-order valence-electron chi connectivity index (χ2n) is 4.06. The Kier molecular flexibility index (Phi) is 4.80. The first kappa shape index (κ1) is 15.6. The van der Waals surface area contributed by atoms with Crippen LogP contribution in [0, 0.1) is 0 Å². The largest absolute Gasteiger partial charge is 0.478 e. The monoisotopic (exact) mass is 322 g/mol. The third kappa shape index (κ3) is 3.65. The molecule has 0 atom stereocenters. The van der Waals surface area contributed by atoms with Crippen LogP contribution in [-0.2, 0) is 4.57 Å². The molecule has 0 saturated heterocycles. The smallest absolute Gasteiger partial charge is 0.419 e. The third-order valence-corrected chi connectivity index (χ3v) is 3.39. The predicted octanol–water partition coefficient (Wildman–Crippen LogP) is 2.93. The van der Waals surface area contributed by atoms with Crippen molar-refractivity contribution in [2.75, 3.05) is 0 Å². The van der Waals surface area contributed by atoms with Gasteiger partial charge in [0.05, 0.1) is 0 Å². The average Bonchev–Trinajstić information content (AvgIpc) is 2.47. The molecular formula is C14H11O7P. The lowest BCUT2D eigenvalue weighted by Gasteiger charge is -2.11. The summed E-state index contributed by atoms with van der Waals surface area (Å²) in [6.07, 6.45) is 0. The first-order valence-electron chi connectivity index (χ1n) is 6.03. The third-order valence-electron chi connectivity index (χ3n) is 2.62. The molecular weight excluding hydrogens is 311 g/mol. The van der Waals surface area contributed by atoms with Crippen LogP contribution in [0.15, 0.2) is 48.5 Å². The fourth-order valence-corrected chi connectivity index (χ4v) is 2.42. The summed E-state index contributed by atoms with van der Waals surface area (Å²) in [5, 5.41) is 18.0. The van der Waals surface area contributed by atoms with Gasteiger partial charge in [0, 0.05) is 0 Å². The van der Waals surface area contributed by atoms with Crippen molar-refractivity contribution in [2.24, 2.45) is 0 Å². The molecule has 0 heterocycles. The van der Waals surface area contributed by atoms with Gasteiger partial charge < -0.3 is 19.3 Å². The first-order chi connectivity index (χ1) is 10.5. The van der Waals surface area contributed by atoms with E-state index < -0.39 is 20.2 Å². The summed E-state index contributed by atoms with van der Waals surface area (Å²) in [5.41, 5.74) is -0.341. The van der Waals surface area contributed by atoms with Crippen molar-refractivity contribution in [2.45, 2.75) is 0 Å². The Labute approximate surface area is 125 Å². The van der Waals surface area contributed by atoms with E-state index in [1.165, 1.54) is 48.5 Å². The Morgan fingerprint density at radius 3 is 1.50 bits per heavy atom. The molecule has 2 rings (SSSR count). The van der Waals surface area contributed by atoms with Crippen LogP contribution in [0.5, 0.6) is 11.5 Å². The van der Waals surface area contributed by atoms with E-state index in [1.54, 1.807) is 0 Å². The minimum atomic E-state index is -3.18. The number of rotatable bonds is 6. The summed E-state index contributed by atoms with van der Waals surface area (Å²) >= 11 is 0. The first-order valence-corrected chi connectivity index (χ1v) is 7.26. The molecule has 0 spiro atoms. The van der Waals surface area contributed by atoms with Crippen molar-refractivity contribution < 1.29 is 33.4 Å². The molecule has 0 amide bonds. The number of hydrogen-bond acceptors (Lipinski definition) is 5. The Balaban J connectivity index is 2.18. The van der Waals surface area contributed by atoms with E-state index >= 15 is 0 Å². The van der Waals surface area contributed by atoms with Gasteiger partial charge in [-0.05, 0) is 24.3 Å². The van der Waals surface area contributed by atoms with Crippen LogP contribution >= 0.6 is 8.25 Å². The van der Waals surface area contributed by atoms with Gasteiger partial charge >= 0.3 is 20.2 Å². The molecule has 0 bridgehead atoms. The molecule has 0 radical (unpaired) electrons. The minimum Gasteiger partial charge on any atom is -0.478 e. The number of para-hydroxylation sites is 2. The van der Waals surface area contributed by atoms with Crippen LogP contribution in [0.1, 0.15) is 20.7 Å². The topological polar surface area (TPSA) is 110 Å². The van der Waals surface area contributed by atoms with E-state index in [0.29, 0.717) is 0 Å². The Hall–Kier alpha value is -2.79. The lowest BCUT2D eigenvalue weighted by atomic mass is 10.2. The molecule has 7 nitrogen and oxygen atoms in total. The van der Waals surface area contributed by atoms with Gasteiger partial charge in [0.2, 0.25) is 0 Å². The molecule has 2 aromatic carbocycles. The van der Waals surface area contributed by atoms with Crippen LogP contribution < -0.4 is 9.05 Å². The summed E-state index contributed by atoms with van der Waals surface area (Å²) in [6, 6.07) is 11.3. The van der Waals surface area contributed by atoms with Gasteiger partial charge in [-0.25, -0.2) is 14.2 Å². The molecule has 8 heteroatoms. The molecule has 0 aliphatic heterocycles. The Bertz CT molecular complexity index is 680. The molecule has 0 aliphatic carbocycles. The number of carbonyl (C=O) groups is 2. The lowest BCUT2D eigenvalue weighted by molar-refractivity contribution is 0.0684. The number of aromatic carboxylic acids is 2. The van der Waals surface area contributed by atoms with Gasteiger partial charge in [-0.2, -0.15) is 0 Å². The second kappa shape index (κ2) is 6.78. The van der Waals surface area contributed by atoms with Crippen LogP contribution in [0.3, 0.4) is 0 Å². The van der Waals surface area contributed by atoms with Crippen molar-refractivity contribution in [3.63, 3.8) is 0 Å². The van der Waals surface area contributed by atoms with Gasteiger partial charge in [-0.1, -0.05) is 24.3 Å². The van der Waals surface area contributed by atoms with E-state index in [4.69, 9.17) is 19.3 Å². The standard InChI is InChI=1S/C14H11O7P/c15-13(16)9-5-1-3-7-11(9)20-22(19)21-12-8-4-2-6-10(12)14(17)18/h1-8,22H,(H,15,16)(H,17,18). The molecule has 2 aromatic rings. The van der Waals surface area contributed by atoms with Gasteiger partial charge in [0.25, 0.3) is 0 Å². The summed E-state index contributed by atoms with van der Waals surface area (Å²) < 4.78 is 21.9. The number of carboxylic acids is 2. The molecule has 0 saturated carbocycles. The molecule has 114 valence electrons. The van der Waals surface area contributed by atoms with Crippen LogP contribution in [-0.4, -0.2) is 22.2 Å². The van der Waals surface area contributed by atoms with E-state index in [-0.39, 0.29) is 22.6 Å². The molecule has 22 heavy (non-hydrogen) atoms. The number of benzene rings is 2. The quantitative estimate of drug-likeness (QED) is 0.787. The van der Waals surface area contributed by atoms with Crippen molar-refractivity contribution in [1.82, 2.24) is 0 Å². The van der Waals surface area contributed by atoms with Gasteiger partial charge in [0.15, 0.2) is 0 Å². The van der Waals surface area contributed by atoms with Crippen molar-refractivity contribution >= 4 is 20.2 Å². The van der Waals surface area contributed by atoms with Gasteiger partial charge in [0.1, 0.15) is 22.6 Å². The lowest BCUT2D eigenvalue weighted by Crippen LogP contribution is -2.02. The van der Waals surface area contributed by atoms with E-state index in [1.807, 2.05) is 0 Å². The van der Waals surface area contributed by atoms with Gasteiger partial charge in [-0.3, -0.25) is 0 Å². The molecule has 0 aliphatic rings. The summed E-state index contributed by atoms with van der Waals surface area (Å²) in [6.45, 7) is 0. The van der Waals surface area contributed by atoms with Crippen LogP contribution in [0.25, 0.3) is 0 Å². The summed E-state index contributed by atoms with van der Waals surface area (Å²) in [7, 11) is -3.18. The maximum atomic E-state index is 11.9. The van der Waals surface area contributed by atoms with Crippen molar-refractivity contribution in [1.29, 1.82) is 0 Å². The molecule has 2 N–H and O–H groups in total. The highest BCUT2D eigenvalue weighted by molar-refractivity contribution is 7.34. The highest BCUT2D eigenvalue weighted by Crippen LogP contribution is 2.34. The van der Waals surface area contributed by atoms with Crippen LogP contribution in [0.2, 0.25) is 0 Å². The van der Waals surface area contributed by atoms with Gasteiger partial charge in [-0.15, -0.1) is 0 Å². The molecule has 0 unspecified atom stereocenters. The number of hydrogen-bond donors (Lipinski definition) is 2. The second-order valence-corrected chi connectivity index (χ2v) is 4.96. The number of carboxylic acid groups (broad SMARTS) is 2. The zero-order chi connectivity index (χ0) is 16.1. The van der Waals surface area contributed by atoms with Crippen LogP contribution in [0.4, 0.5) is 0 Å². The highest BCUT2D eigenvalue weighted by atomic mass is 31.1. The normalized spacial score (nSPS) is 10.2.